The highest BCUT2D eigenvalue weighted by Crippen LogP contribution is 2.23. The molecule has 1 aliphatic heterocycles. The molecule has 1 saturated heterocycles. The van der Waals surface area contributed by atoms with E-state index in [1.54, 1.807) is 0 Å². The molecule has 4 nitrogen and oxygen atoms in total. The maximum Gasteiger partial charge on any atom is 0.224 e. The van der Waals surface area contributed by atoms with Crippen LogP contribution in [-0.4, -0.2) is 34.9 Å². The summed E-state index contributed by atoms with van der Waals surface area (Å²) in [7, 11) is 0. The predicted molar refractivity (Wildman–Crippen MR) is 123 cm³/mol. The molecule has 5 heteroatoms. The second-order valence-electron chi connectivity index (χ2n) is 8.24. The molecule has 0 aliphatic carbocycles. The number of aryl methyl sites for hydroxylation is 2. The van der Waals surface area contributed by atoms with E-state index in [1.165, 1.54) is 5.56 Å². The topological polar surface area (TPSA) is 45.2 Å². The molecule has 1 amide bonds. The Morgan fingerprint density at radius 2 is 1.80 bits per heavy atom. The SMILES string of the molecule is Cc1nc2ccccc2c(C)c1CC(=O)NC1CCN(Cc2ccc(Cl)cc2)CC1. The number of nitrogens with zero attached hydrogens (tertiary/aromatic N) is 2. The van der Waals surface area contributed by atoms with Gasteiger partial charge in [0, 0.05) is 41.8 Å². The first-order valence-electron chi connectivity index (χ1n) is 10.6. The van der Waals surface area contributed by atoms with E-state index in [1.807, 2.05) is 37.3 Å². The largest absolute Gasteiger partial charge is 0.353 e. The number of nitrogens with one attached hydrogen (secondary N) is 1. The van der Waals surface area contributed by atoms with Crippen molar-refractivity contribution in [3.8, 4) is 0 Å². The van der Waals surface area contributed by atoms with Gasteiger partial charge < -0.3 is 5.32 Å². The lowest BCUT2D eigenvalue weighted by atomic mass is 9.98. The minimum atomic E-state index is 0.0921. The molecule has 1 N–H and O–H groups in total. The zero-order valence-electron chi connectivity index (χ0n) is 17.6. The Hall–Kier alpha value is -2.43. The van der Waals surface area contributed by atoms with E-state index in [-0.39, 0.29) is 11.9 Å². The maximum absolute atomic E-state index is 12.8. The molecule has 1 fully saturated rings. The number of carbonyl (C=O) groups is 1. The van der Waals surface area contributed by atoms with E-state index in [0.717, 1.165) is 65.2 Å². The lowest BCUT2D eigenvalue weighted by molar-refractivity contribution is -0.121. The van der Waals surface area contributed by atoms with E-state index < -0.39 is 0 Å². The van der Waals surface area contributed by atoms with Crippen LogP contribution in [0.5, 0.6) is 0 Å². The monoisotopic (exact) mass is 421 g/mol. The highest BCUT2D eigenvalue weighted by molar-refractivity contribution is 6.30. The summed E-state index contributed by atoms with van der Waals surface area (Å²) in [5, 5.41) is 5.15. The number of rotatable bonds is 5. The van der Waals surface area contributed by atoms with Crippen LogP contribution in [0.2, 0.25) is 5.02 Å². The highest BCUT2D eigenvalue weighted by Gasteiger charge is 2.21. The molecular formula is C25H28ClN3O. The number of piperidine rings is 1. The molecule has 0 spiro atoms. The summed E-state index contributed by atoms with van der Waals surface area (Å²) in [5.41, 5.74) is 5.41. The van der Waals surface area contributed by atoms with Crippen molar-refractivity contribution in [2.75, 3.05) is 13.1 Å². The average molecular weight is 422 g/mol. The smallest absolute Gasteiger partial charge is 0.224 e. The normalized spacial score (nSPS) is 15.4. The van der Waals surface area contributed by atoms with Gasteiger partial charge in [0.05, 0.1) is 11.9 Å². The number of para-hydroxylation sites is 1. The van der Waals surface area contributed by atoms with Crippen molar-refractivity contribution in [3.05, 3.63) is 75.9 Å². The van der Waals surface area contributed by atoms with Crippen molar-refractivity contribution in [2.45, 2.75) is 45.7 Å². The summed E-state index contributed by atoms with van der Waals surface area (Å²) in [6, 6.07) is 16.4. The summed E-state index contributed by atoms with van der Waals surface area (Å²) in [4.78, 5) is 19.9. The molecule has 2 heterocycles. The molecule has 4 rings (SSSR count). The summed E-state index contributed by atoms with van der Waals surface area (Å²) in [5.74, 6) is 0.0921. The molecule has 30 heavy (non-hydrogen) atoms. The number of benzene rings is 2. The van der Waals surface area contributed by atoms with Crippen LogP contribution in [0, 0.1) is 13.8 Å². The Morgan fingerprint density at radius 3 is 2.53 bits per heavy atom. The molecular weight excluding hydrogens is 394 g/mol. The Balaban J connectivity index is 1.32. The molecule has 0 unspecified atom stereocenters. The van der Waals surface area contributed by atoms with Gasteiger partial charge in [-0.3, -0.25) is 14.7 Å². The van der Waals surface area contributed by atoms with Gasteiger partial charge in [0.2, 0.25) is 5.91 Å². The second-order valence-corrected chi connectivity index (χ2v) is 8.68. The van der Waals surface area contributed by atoms with Crippen LogP contribution < -0.4 is 5.32 Å². The number of amides is 1. The minimum absolute atomic E-state index is 0.0921. The van der Waals surface area contributed by atoms with Crippen molar-refractivity contribution in [1.82, 2.24) is 15.2 Å². The summed E-state index contributed by atoms with van der Waals surface area (Å²) in [6.07, 6.45) is 2.35. The highest BCUT2D eigenvalue weighted by atomic mass is 35.5. The van der Waals surface area contributed by atoms with E-state index in [9.17, 15) is 4.79 Å². The Labute approximate surface area is 183 Å². The van der Waals surface area contributed by atoms with Gasteiger partial charge in [-0.15, -0.1) is 0 Å². The molecule has 0 atom stereocenters. The van der Waals surface area contributed by atoms with E-state index in [0.29, 0.717) is 6.42 Å². The Kier molecular flexibility index (Phi) is 6.35. The third-order valence-electron chi connectivity index (χ3n) is 6.10. The van der Waals surface area contributed by atoms with Crippen molar-refractivity contribution in [3.63, 3.8) is 0 Å². The van der Waals surface area contributed by atoms with E-state index in [4.69, 9.17) is 16.6 Å². The van der Waals surface area contributed by atoms with Crippen LogP contribution in [-0.2, 0) is 17.8 Å². The number of carbonyl (C=O) groups excluding carboxylic acids is 1. The van der Waals surface area contributed by atoms with Gasteiger partial charge in [-0.25, -0.2) is 0 Å². The van der Waals surface area contributed by atoms with Gasteiger partial charge in [-0.1, -0.05) is 41.9 Å². The van der Waals surface area contributed by atoms with E-state index in [2.05, 4.69) is 35.3 Å². The minimum Gasteiger partial charge on any atom is -0.353 e. The lowest BCUT2D eigenvalue weighted by Crippen LogP contribution is -2.44. The fourth-order valence-electron chi connectivity index (χ4n) is 4.35. The summed E-state index contributed by atoms with van der Waals surface area (Å²) in [6.45, 7) is 7.00. The van der Waals surface area contributed by atoms with Gasteiger partial charge in [0.25, 0.3) is 0 Å². The fraction of sp³-hybridized carbons (Fsp3) is 0.360. The number of pyridine rings is 1. The molecule has 0 saturated carbocycles. The molecule has 156 valence electrons. The van der Waals surface area contributed by atoms with Crippen molar-refractivity contribution in [1.29, 1.82) is 0 Å². The third kappa shape index (κ3) is 4.82. The summed E-state index contributed by atoms with van der Waals surface area (Å²) >= 11 is 5.97. The van der Waals surface area contributed by atoms with Crippen LogP contribution in [0.3, 0.4) is 0 Å². The summed E-state index contributed by atoms with van der Waals surface area (Å²) < 4.78 is 0. The number of likely N-dealkylation sites (tertiary alicyclic amines) is 1. The number of hydrogen-bond acceptors (Lipinski definition) is 3. The lowest BCUT2D eigenvalue weighted by Gasteiger charge is -2.32. The standard InChI is InChI=1S/C25H28ClN3O/c1-17-22-5-3-4-6-24(22)27-18(2)23(17)15-25(30)28-21-11-13-29(14-12-21)16-19-7-9-20(26)10-8-19/h3-10,21H,11-16H2,1-2H3,(H,28,30). The number of fused-ring (bicyclic) bond motifs is 1. The van der Waals surface area contributed by atoms with Crippen molar-refractivity contribution >= 4 is 28.4 Å². The Morgan fingerprint density at radius 1 is 1.10 bits per heavy atom. The van der Waals surface area contributed by atoms with Gasteiger partial charge in [-0.2, -0.15) is 0 Å². The first-order valence-corrected chi connectivity index (χ1v) is 11.0. The van der Waals surface area contributed by atoms with Gasteiger partial charge >= 0.3 is 0 Å². The first kappa shape index (κ1) is 20.8. The Bertz CT molecular complexity index is 1040. The van der Waals surface area contributed by atoms with E-state index >= 15 is 0 Å². The van der Waals surface area contributed by atoms with Crippen molar-refractivity contribution in [2.24, 2.45) is 0 Å². The fourth-order valence-corrected chi connectivity index (χ4v) is 4.48. The zero-order chi connectivity index (χ0) is 21.1. The van der Waals surface area contributed by atoms with Gasteiger partial charge in [0.15, 0.2) is 0 Å². The molecule has 1 aromatic heterocycles. The maximum atomic E-state index is 12.8. The predicted octanol–water partition coefficient (Wildman–Crippen LogP) is 4.83. The van der Waals surface area contributed by atoms with Crippen LogP contribution in [0.4, 0.5) is 0 Å². The molecule has 0 bridgehead atoms. The average Bonchev–Trinajstić information content (AvgIpc) is 2.74. The quantitative estimate of drug-likeness (QED) is 0.641. The van der Waals surface area contributed by atoms with Crippen molar-refractivity contribution < 1.29 is 4.79 Å². The zero-order valence-corrected chi connectivity index (χ0v) is 18.4. The third-order valence-corrected chi connectivity index (χ3v) is 6.35. The molecule has 1 aliphatic rings. The number of halogens is 1. The van der Waals surface area contributed by atoms with Crippen LogP contribution in [0.1, 0.15) is 35.2 Å². The van der Waals surface area contributed by atoms with Crippen LogP contribution in [0.25, 0.3) is 10.9 Å². The second kappa shape index (κ2) is 9.15. The molecule has 0 radical (unpaired) electrons. The number of hydrogen-bond donors (Lipinski definition) is 1. The number of aromatic nitrogens is 1. The van der Waals surface area contributed by atoms with Gasteiger partial charge in [-0.05, 0) is 61.6 Å². The van der Waals surface area contributed by atoms with Crippen LogP contribution >= 0.6 is 11.6 Å². The first-order chi connectivity index (χ1) is 14.5. The van der Waals surface area contributed by atoms with Gasteiger partial charge in [0.1, 0.15) is 0 Å². The molecule has 3 aromatic rings. The van der Waals surface area contributed by atoms with Crippen LogP contribution in [0.15, 0.2) is 48.5 Å². The molecule has 2 aromatic carbocycles.